The molecule has 1 aliphatic heterocycles. The van der Waals surface area contributed by atoms with Crippen LogP contribution in [0.5, 0.6) is 11.5 Å². The lowest BCUT2D eigenvalue weighted by atomic mass is 9.82. The summed E-state index contributed by atoms with van der Waals surface area (Å²) in [4.78, 5) is 13.7. The molecule has 0 fully saturated rings. The number of rotatable bonds is 5. The minimum absolute atomic E-state index is 0.0189. The molecule has 0 bridgehead atoms. The summed E-state index contributed by atoms with van der Waals surface area (Å²) in [5, 5.41) is 16.7. The molecule has 182 valence electrons. The van der Waals surface area contributed by atoms with Gasteiger partial charge in [0.15, 0.2) is 17.4 Å². The van der Waals surface area contributed by atoms with Crippen molar-refractivity contribution in [3.63, 3.8) is 0 Å². The number of phenolic OH excluding ortho intramolecular Hbond substituents is 1. The topological polar surface area (TPSA) is 133 Å². The predicted molar refractivity (Wildman–Crippen MR) is 132 cm³/mol. The zero-order chi connectivity index (χ0) is 25.3. The Hall–Kier alpha value is -3.60. The van der Waals surface area contributed by atoms with Gasteiger partial charge in [-0.3, -0.25) is 4.79 Å². The van der Waals surface area contributed by atoms with Crippen molar-refractivity contribution >= 4 is 33.5 Å². The number of anilines is 1. The van der Waals surface area contributed by atoms with Gasteiger partial charge in [-0.1, -0.05) is 45.0 Å². The van der Waals surface area contributed by atoms with Gasteiger partial charge in [-0.2, -0.15) is 8.42 Å². The summed E-state index contributed by atoms with van der Waals surface area (Å²) in [6, 6.07) is 11.6. The highest BCUT2D eigenvalue weighted by Crippen LogP contribution is 2.38. The van der Waals surface area contributed by atoms with E-state index in [1.165, 1.54) is 17.0 Å². The van der Waals surface area contributed by atoms with Gasteiger partial charge in [-0.25, -0.2) is 0 Å². The third kappa shape index (κ3) is 5.30. The molecule has 0 spiro atoms. The second-order valence-corrected chi connectivity index (χ2v) is 10.3. The largest absolute Gasteiger partial charge is 0.505 e. The maximum Gasteiger partial charge on any atom is 0.367 e. The van der Waals surface area contributed by atoms with E-state index in [0.717, 1.165) is 5.56 Å². The van der Waals surface area contributed by atoms with Crippen molar-refractivity contribution < 1.29 is 23.1 Å². The van der Waals surface area contributed by atoms with Crippen LogP contribution >= 0.6 is 0 Å². The second-order valence-electron chi connectivity index (χ2n) is 9.04. The molecule has 3 rings (SSSR count). The van der Waals surface area contributed by atoms with Crippen LogP contribution in [0.2, 0.25) is 0 Å². The number of carbonyl (C=O) groups is 1. The number of benzene rings is 2. The van der Waals surface area contributed by atoms with E-state index in [-0.39, 0.29) is 34.1 Å². The first-order valence-corrected chi connectivity index (χ1v) is 11.9. The number of carbonyl (C=O) groups excluding carboxylic acids is 1. The summed E-state index contributed by atoms with van der Waals surface area (Å²) in [7, 11) is 0.550. The third-order valence-electron chi connectivity index (χ3n) is 5.16. The molecule has 2 aromatic carbocycles. The van der Waals surface area contributed by atoms with E-state index in [2.05, 4.69) is 19.4 Å². The molecule has 10 nitrogen and oxygen atoms in total. The maximum absolute atomic E-state index is 12.4. The number of nitrogens with zero attached hydrogens (tertiary/aromatic N) is 3. The Morgan fingerprint density at radius 2 is 1.71 bits per heavy atom. The van der Waals surface area contributed by atoms with Crippen molar-refractivity contribution in [1.82, 2.24) is 10.2 Å². The average Bonchev–Trinajstić information content (AvgIpc) is 3.05. The zero-order valence-electron chi connectivity index (χ0n) is 19.9. The van der Waals surface area contributed by atoms with Crippen LogP contribution in [-0.4, -0.2) is 57.2 Å². The van der Waals surface area contributed by atoms with Gasteiger partial charge in [0, 0.05) is 19.7 Å². The SMILES string of the molecule is COc1ccccc1C(NC1=NS(=O)(=O)N=C1Nc1cccc(C(=O)N(C)C)c1O)C(C)(C)C. The van der Waals surface area contributed by atoms with Crippen molar-refractivity contribution in [2.75, 3.05) is 26.5 Å². The number of ether oxygens (including phenoxy) is 1. The van der Waals surface area contributed by atoms with Crippen LogP contribution in [0.25, 0.3) is 0 Å². The number of para-hydroxylation sites is 2. The van der Waals surface area contributed by atoms with E-state index >= 15 is 0 Å². The number of aromatic hydroxyl groups is 1. The highest BCUT2D eigenvalue weighted by molar-refractivity contribution is 7.89. The first kappa shape index (κ1) is 25.0. The Kier molecular flexibility index (Phi) is 6.87. The quantitative estimate of drug-likeness (QED) is 0.552. The maximum atomic E-state index is 12.4. The van der Waals surface area contributed by atoms with E-state index in [0.29, 0.717) is 5.75 Å². The molecular weight excluding hydrogens is 458 g/mol. The van der Waals surface area contributed by atoms with E-state index in [4.69, 9.17) is 4.74 Å². The lowest BCUT2D eigenvalue weighted by Gasteiger charge is -2.33. The van der Waals surface area contributed by atoms with Gasteiger partial charge in [0.25, 0.3) is 5.91 Å². The van der Waals surface area contributed by atoms with Crippen LogP contribution < -0.4 is 15.4 Å². The minimum Gasteiger partial charge on any atom is -0.505 e. The lowest BCUT2D eigenvalue weighted by molar-refractivity contribution is 0.0824. The van der Waals surface area contributed by atoms with Crippen molar-refractivity contribution in [3.05, 3.63) is 53.6 Å². The average molecular weight is 488 g/mol. The molecule has 1 aliphatic rings. The molecule has 1 amide bonds. The van der Waals surface area contributed by atoms with E-state index in [9.17, 15) is 18.3 Å². The summed E-state index contributed by atoms with van der Waals surface area (Å²) < 4.78 is 37.5. The van der Waals surface area contributed by atoms with Gasteiger partial charge in [0.1, 0.15) is 5.75 Å². The molecule has 2 aromatic rings. The van der Waals surface area contributed by atoms with E-state index in [1.807, 2.05) is 45.0 Å². The van der Waals surface area contributed by atoms with E-state index < -0.39 is 22.2 Å². The molecule has 1 unspecified atom stereocenters. The monoisotopic (exact) mass is 487 g/mol. The number of hydrogen-bond donors (Lipinski definition) is 3. The van der Waals surface area contributed by atoms with Crippen molar-refractivity contribution in [3.8, 4) is 11.5 Å². The van der Waals surface area contributed by atoms with Crippen LogP contribution in [0.15, 0.2) is 51.3 Å². The number of hydrogen-bond acceptors (Lipinski definition) is 7. The highest BCUT2D eigenvalue weighted by Gasteiger charge is 2.34. The molecule has 0 radical (unpaired) electrons. The molecular formula is C23H29N5O5S. The Bertz CT molecular complexity index is 1260. The van der Waals surface area contributed by atoms with Crippen LogP contribution in [0.3, 0.4) is 0 Å². The Morgan fingerprint density at radius 3 is 2.32 bits per heavy atom. The fourth-order valence-corrected chi connectivity index (χ4v) is 4.28. The lowest BCUT2D eigenvalue weighted by Crippen LogP contribution is -2.41. The van der Waals surface area contributed by atoms with Gasteiger partial charge in [0.2, 0.25) is 0 Å². The smallest absolute Gasteiger partial charge is 0.367 e. The molecule has 0 saturated carbocycles. The van der Waals surface area contributed by atoms with Crippen molar-refractivity contribution in [2.45, 2.75) is 26.8 Å². The number of amidine groups is 2. The zero-order valence-corrected chi connectivity index (χ0v) is 20.8. The van der Waals surface area contributed by atoms with Gasteiger partial charge in [0.05, 0.1) is 24.4 Å². The van der Waals surface area contributed by atoms with Crippen molar-refractivity contribution in [1.29, 1.82) is 0 Å². The van der Waals surface area contributed by atoms with Crippen LogP contribution in [-0.2, 0) is 10.2 Å². The summed E-state index contributed by atoms with van der Waals surface area (Å²) in [5.41, 5.74) is 0.604. The normalized spacial score (nSPS) is 15.7. The van der Waals surface area contributed by atoms with Gasteiger partial charge in [-0.05, 0) is 23.6 Å². The molecule has 1 heterocycles. The fraction of sp³-hybridized carbons (Fsp3) is 0.348. The van der Waals surface area contributed by atoms with Gasteiger partial charge in [-0.15, -0.1) is 8.80 Å². The van der Waals surface area contributed by atoms with Gasteiger partial charge >= 0.3 is 10.2 Å². The molecule has 3 N–H and O–H groups in total. The second kappa shape index (κ2) is 9.34. The molecule has 0 saturated heterocycles. The fourth-order valence-electron chi connectivity index (χ4n) is 3.50. The first-order chi connectivity index (χ1) is 15.8. The number of nitrogens with one attached hydrogen (secondary N) is 2. The molecule has 0 aliphatic carbocycles. The summed E-state index contributed by atoms with van der Waals surface area (Å²) >= 11 is 0. The Balaban J connectivity index is 1.99. The highest BCUT2D eigenvalue weighted by atomic mass is 32.2. The van der Waals surface area contributed by atoms with Crippen molar-refractivity contribution in [2.24, 2.45) is 14.2 Å². The Morgan fingerprint density at radius 1 is 1.06 bits per heavy atom. The third-order valence-corrected chi connectivity index (χ3v) is 5.99. The van der Waals surface area contributed by atoms with Gasteiger partial charge < -0.3 is 25.4 Å². The van der Waals surface area contributed by atoms with Crippen LogP contribution in [0, 0.1) is 5.41 Å². The first-order valence-electron chi connectivity index (χ1n) is 10.5. The Labute approximate surface area is 199 Å². The predicted octanol–water partition coefficient (Wildman–Crippen LogP) is 2.95. The molecule has 1 atom stereocenters. The summed E-state index contributed by atoms with van der Waals surface area (Å²) in [6.07, 6.45) is 0. The number of amides is 1. The number of methoxy groups -OCH3 is 1. The van der Waals surface area contributed by atoms with Crippen LogP contribution in [0.4, 0.5) is 5.69 Å². The molecule has 34 heavy (non-hydrogen) atoms. The molecule has 0 aromatic heterocycles. The van der Waals surface area contributed by atoms with E-state index in [1.54, 1.807) is 27.3 Å². The van der Waals surface area contributed by atoms with Crippen LogP contribution in [0.1, 0.15) is 42.7 Å². The minimum atomic E-state index is -4.14. The summed E-state index contributed by atoms with van der Waals surface area (Å²) in [5.74, 6) is -0.221. The molecule has 11 heteroatoms. The standard InChI is InChI=1S/C23H29N5O5S/c1-23(2,3)19(14-10-7-8-13-17(14)33-6)25-21-20(26-34(31,32)27-21)24-16-12-9-11-15(18(16)29)22(30)28(4)5/h7-13,19,29H,1-6H3,(H,24,26)(H,25,27). The number of phenols is 1. The summed E-state index contributed by atoms with van der Waals surface area (Å²) in [6.45, 7) is 5.98.